The molecule has 0 aliphatic heterocycles. The first-order valence-electron chi connectivity index (χ1n) is 6.98. The van der Waals surface area contributed by atoms with Crippen molar-refractivity contribution in [1.29, 1.82) is 0 Å². The molecule has 0 saturated heterocycles. The summed E-state index contributed by atoms with van der Waals surface area (Å²) in [6, 6.07) is 10.9. The van der Waals surface area contributed by atoms with Crippen molar-refractivity contribution in [2.24, 2.45) is 0 Å². The second-order valence-corrected chi connectivity index (χ2v) is 5.89. The van der Waals surface area contributed by atoms with E-state index in [9.17, 15) is 4.39 Å². The van der Waals surface area contributed by atoms with Crippen LogP contribution >= 0.6 is 15.9 Å². The Morgan fingerprint density at radius 1 is 1.29 bits per heavy atom. The van der Waals surface area contributed by atoms with Gasteiger partial charge in [-0.05, 0) is 56.3 Å². The van der Waals surface area contributed by atoms with Gasteiger partial charge in [0.05, 0.1) is 0 Å². The monoisotopic (exact) mass is 351 g/mol. The number of benzene rings is 2. The van der Waals surface area contributed by atoms with Crippen LogP contribution in [0.15, 0.2) is 40.9 Å². The smallest absolute Gasteiger partial charge is 0.132 e. The van der Waals surface area contributed by atoms with Crippen molar-refractivity contribution in [2.75, 3.05) is 6.54 Å². The van der Waals surface area contributed by atoms with E-state index in [0.717, 1.165) is 22.3 Å². The third-order valence-corrected chi connectivity index (χ3v) is 3.79. The minimum absolute atomic E-state index is 0.0206. The molecule has 0 aromatic heterocycles. The molecule has 2 nitrogen and oxygen atoms in total. The zero-order valence-electron chi connectivity index (χ0n) is 12.4. The largest absolute Gasteiger partial charge is 0.457 e. The number of rotatable bonds is 5. The third kappa shape index (κ3) is 4.05. The quantitative estimate of drug-likeness (QED) is 0.782. The van der Waals surface area contributed by atoms with Gasteiger partial charge in [0.1, 0.15) is 17.3 Å². The molecule has 0 heterocycles. The maximum absolute atomic E-state index is 13.9. The molecule has 1 atom stereocenters. The van der Waals surface area contributed by atoms with Crippen molar-refractivity contribution in [3.8, 4) is 11.5 Å². The van der Waals surface area contributed by atoms with Crippen molar-refractivity contribution in [3.63, 3.8) is 0 Å². The summed E-state index contributed by atoms with van der Waals surface area (Å²) in [5.41, 5.74) is 1.40. The van der Waals surface area contributed by atoms with E-state index >= 15 is 0 Å². The number of hydrogen-bond acceptors (Lipinski definition) is 2. The fourth-order valence-electron chi connectivity index (χ4n) is 2.17. The molecule has 0 saturated carbocycles. The van der Waals surface area contributed by atoms with Crippen LogP contribution in [-0.4, -0.2) is 6.54 Å². The summed E-state index contributed by atoms with van der Waals surface area (Å²) in [5.74, 6) is 1.19. The van der Waals surface area contributed by atoms with Crippen molar-refractivity contribution >= 4 is 15.9 Å². The highest BCUT2D eigenvalue weighted by Crippen LogP contribution is 2.32. The predicted octanol–water partition coefficient (Wildman–Crippen LogP) is 5.36. The normalized spacial score (nSPS) is 12.2. The van der Waals surface area contributed by atoms with E-state index in [4.69, 9.17) is 4.74 Å². The molecular weight excluding hydrogens is 333 g/mol. The van der Waals surface area contributed by atoms with Gasteiger partial charge in [-0.3, -0.25) is 0 Å². The van der Waals surface area contributed by atoms with Gasteiger partial charge in [0.2, 0.25) is 0 Å². The van der Waals surface area contributed by atoms with Gasteiger partial charge < -0.3 is 10.1 Å². The SMILES string of the molecule is CCNC(C)c1cc(F)c(C)cc1Oc1cccc(Br)c1. The van der Waals surface area contributed by atoms with Gasteiger partial charge in [-0.15, -0.1) is 0 Å². The zero-order chi connectivity index (χ0) is 15.4. The Hall–Kier alpha value is -1.39. The number of aryl methyl sites for hydroxylation is 1. The minimum Gasteiger partial charge on any atom is -0.457 e. The van der Waals surface area contributed by atoms with Gasteiger partial charge in [0, 0.05) is 16.1 Å². The summed E-state index contributed by atoms with van der Waals surface area (Å²) >= 11 is 3.42. The lowest BCUT2D eigenvalue weighted by Crippen LogP contribution is -2.18. The number of ether oxygens (including phenoxy) is 1. The average Bonchev–Trinajstić information content (AvgIpc) is 2.43. The van der Waals surface area contributed by atoms with Crippen molar-refractivity contribution in [1.82, 2.24) is 5.32 Å². The Kier molecular flexibility index (Phi) is 5.37. The van der Waals surface area contributed by atoms with E-state index in [-0.39, 0.29) is 11.9 Å². The van der Waals surface area contributed by atoms with Crippen molar-refractivity contribution in [2.45, 2.75) is 26.8 Å². The Morgan fingerprint density at radius 3 is 2.71 bits per heavy atom. The molecule has 2 aromatic rings. The molecule has 0 bridgehead atoms. The number of nitrogens with one attached hydrogen (secondary N) is 1. The summed E-state index contributed by atoms with van der Waals surface area (Å²) in [7, 11) is 0. The lowest BCUT2D eigenvalue weighted by molar-refractivity contribution is 0.458. The molecule has 0 aliphatic rings. The molecule has 1 unspecified atom stereocenters. The van der Waals surface area contributed by atoms with Crippen LogP contribution in [-0.2, 0) is 0 Å². The Morgan fingerprint density at radius 2 is 2.05 bits per heavy atom. The fraction of sp³-hybridized carbons (Fsp3) is 0.294. The van der Waals surface area contributed by atoms with E-state index in [1.165, 1.54) is 0 Å². The van der Waals surface area contributed by atoms with Crippen LogP contribution in [0.1, 0.15) is 31.0 Å². The van der Waals surface area contributed by atoms with Gasteiger partial charge in [-0.1, -0.05) is 28.9 Å². The second-order valence-electron chi connectivity index (χ2n) is 4.98. The molecule has 0 aliphatic carbocycles. The van der Waals surface area contributed by atoms with E-state index in [1.807, 2.05) is 38.1 Å². The molecule has 0 radical (unpaired) electrons. The van der Waals surface area contributed by atoms with Gasteiger partial charge >= 0.3 is 0 Å². The van der Waals surface area contributed by atoms with Gasteiger partial charge in [-0.25, -0.2) is 4.39 Å². The lowest BCUT2D eigenvalue weighted by Gasteiger charge is -2.18. The Labute approximate surface area is 133 Å². The van der Waals surface area contributed by atoms with Crippen LogP contribution in [0.5, 0.6) is 11.5 Å². The molecule has 112 valence electrons. The van der Waals surface area contributed by atoms with Crippen LogP contribution in [0, 0.1) is 12.7 Å². The topological polar surface area (TPSA) is 21.3 Å². The molecule has 2 rings (SSSR count). The molecule has 2 aromatic carbocycles. The number of hydrogen-bond donors (Lipinski definition) is 1. The van der Waals surface area contributed by atoms with E-state index in [1.54, 1.807) is 19.1 Å². The lowest BCUT2D eigenvalue weighted by atomic mass is 10.0. The molecule has 4 heteroatoms. The van der Waals surface area contributed by atoms with Crippen LogP contribution in [0.2, 0.25) is 0 Å². The van der Waals surface area contributed by atoms with Crippen molar-refractivity contribution < 1.29 is 9.13 Å². The highest BCUT2D eigenvalue weighted by molar-refractivity contribution is 9.10. The van der Waals surface area contributed by atoms with Gasteiger partial charge in [0.15, 0.2) is 0 Å². The van der Waals surface area contributed by atoms with E-state index in [2.05, 4.69) is 21.2 Å². The molecule has 0 amide bonds. The Bertz CT molecular complexity index is 630. The molecule has 21 heavy (non-hydrogen) atoms. The van der Waals surface area contributed by atoms with Crippen LogP contribution in [0.4, 0.5) is 4.39 Å². The van der Waals surface area contributed by atoms with Crippen LogP contribution in [0.3, 0.4) is 0 Å². The summed E-state index contributed by atoms with van der Waals surface area (Å²) in [5, 5.41) is 3.29. The zero-order valence-corrected chi connectivity index (χ0v) is 14.0. The molecule has 0 fully saturated rings. The standard InChI is InChI=1S/C17H19BrFNO/c1-4-20-12(3)15-10-16(19)11(2)8-17(15)21-14-7-5-6-13(18)9-14/h5-10,12,20H,4H2,1-3H3. The van der Waals surface area contributed by atoms with Crippen molar-refractivity contribution in [3.05, 3.63) is 57.8 Å². The van der Waals surface area contributed by atoms with Gasteiger partial charge in [0.25, 0.3) is 0 Å². The summed E-state index contributed by atoms with van der Waals surface area (Å²) < 4.78 is 20.8. The van der Waals surface area contributed by atoms with Crippen LogP contribution < -0.4 is 10.1 Å². The van der Waals surface area contributed by atoms with Gasteiger partial charge in [-0.2, -0.15) is 0 Å². The summed E-state index contributed by atoms with van der Waals surface area (Å²) in [6.45, 7) is 6.58. The molecule has 1 N–H and O–H groups in total. The maximum Gasteiger partial charge on any atom is 0.132 e. The first kappa shape index (κ1) is 16.0. The minimum atomic E-state index is -0.212. The van der Waals surface area contributed by atoms with E-state index in [0.29, 0.717) is 11.3 Å². The summed E-state index contributed by atoms with van der Waals surface area (Å²) in [4.78, 5) is 0. The highest BCUT2D eigenvalue weighted by atomic mass is 79.9. The number of halogens is 2. The Balaban J connectivity index is 2.39. The molecule has 0 spiro atoms. The first-order chi connectivity index (χ1) is 10.0. The highest BCUT2D eigenvalue weighted by Gasteiger charge is 2.15. The van der Waals surface area contributed by atoms with E-state index < -0.39 is 0 Å². The fourth-order valence-corrected chi connectivity index (χ4v) is 2.55. The maximum atomic E-state index is 13.9. The predicted molar refractivity (Wildman–Crippen MR) is 87.4 cm³/mol. The third-order valence-electron chi connectivity index (χ3n) is 3.29. The first-order valence-corrected chi connectivity index (χ1v) is 7.77. The molecular formula is C17H19BrFNO. The van der Waals surface area contributed by atoms with Crippen LogP contribution in [0.25, 0.3) is 0 Å². The summed E-state index contributed by atoms with van der Waals surface area (Å²) in [6.07, 6.45) is 0. The second kappa shape index (κ2) is 7.05. The average molecular weight is 352 g/mol.